The van der Waals surface area contributed by atoms with E-state index >= 15 is 0 Å². The number of anilines is 1. The molecule has 5 nitrogen and oxygen atoms in total. The molecule has 0 aliphatic rings. The maximum Gasteiger partial charge on any atom is 0.416 e. The molecule has 0 bridgehead atoms. The molecule has 0 aliphatic heterocycles. The van der Waals surface area contributed by atoms with E-state index in [0.717, 1.165) is 18.2 Å². The molecule has 1 aromatic carbocycles. The highest BCUT2D eigenvalue weighted by atomic mass is 19.4. The Balaban J connectivity index is 2.57. The van der Waals surface area contributed by atoms with Crippen molar-refractivity contribution in [3.8, 4) is 0 Å². The predicted octanol–water partition coefficient (Wildman–Crippen LogP) is 1.86. The second-order valence-electron chi connectivity index (χ2n) is 3.83. The molecule has 0 amide bonds. The lowest BCUT2D eigenvalue weighted by atomic mass is 10.1. The Morgan fingerprint density at radius 1 is 1.32 bits per heavy atom. The molecule has 0 radical (unpaired) electrons. The summed E-state index contributed by atoms with van der Waals surface area (Å²) in [4.78, 5) is 18.1. The van der Waals surface area contributed by atoms with E-state index < -0.39 is 24.1 Å². The third kappa shape index (κ3) is 2.72. The van der Waals surface area contributed by atoms with E-state index in [1.807, 2.05) is 0 Å². The molecular weight excluding hydrogens is 263 g/mol. The van der Waals surface area contributed by atoms with Gasteiger partial charge in [-0.15, -0.1) is 0 Å². The second kappa shape index (κ2) is 4.38. The smallest absolute Gasteiger partial charge is 0.416 e. The molecule has 0 saturated heterocycles. The van der Waals surface area contributed by atoms with Crippen LogP contribution in [0.2, 0.25) is 0 Å². The van der Waals surface area contributed by atoms with E-state index in [-0.39, 0.29) is 22.5 Å². The van der Waals surface area contributed by atoms with Gasteiger partial charge in [0.1, 0.15) is 18.1 Å². The lowest BCUT2D eigenvalue weighted by Crippen LogP contribution is -2.09. The quantitative estimate of drug-likeness (QED) is 0.870. The molecule has 0 spiro atoms. The molecule has 0 atom stereocenters. The molecule has 0 aliphatic carbocycles. The van der Waals surface area contributed by atoms with E-state index in [4.69, 9.17) is 10.8 Å². The topological polar surface area (TPSA) is 89.1 Å². The molecule has 2 aromatic rings. The van der Waals surface area contributed by atoms with E-state index in [1.54, 1.807) is 0 Å². The number of alkyl halides is 3. The maximum atomic E-state index is 12.5. The first-order valence-corrected chi connectivity index (χ1v) is 5.12. The Morgan fingerprint density at radius 2 is 2.00 bits per heavy atom. The standard InChI is InChI=1S/C11H8F3N3O2/c12-11(13,14)5-1-2-7-6(3-5)10(15)17-8(16-7)4-9(18)19/h1-3H,4H2,(H,18,19)(H2,15,16,17). The number of benzene rings is 1. The Bertz CT molecular complexity index is 655. The summed E-state index contributed by atoms with van der Waals surface area (Å²) in [6, 6.07) is 2.84. The number of aromatic nitrogens is 2. The number of hydrogen-bond donors (Lipinski definition) is 2. The van der Waals surface area contributed by atoms with Crippen LogP contribution in [0, 0.1) is 0 Å². The van der Waals surface area contributed by atoms with Gasteiger partial charge in [-0.05, 0) is 18.2 Å². The summed E-state index contributed by atoms with van der Waals surface area (Å²) in [7, 11) is 0. The number of hydrogen-bond acceptors (Lipinski definition) is 4. The van der Waals surface area contributed by atoms with E-state index in [9.17, 15) is 18.0 Å². The summed E-state index contributed by atoms with van der Waals surface area (Å²) in [5.41, 5.74) is 4.85. The van der Waals surface area contributed by atoms with Crippen LogP contribution in [0.4, 0.5) is 19.0 Å². The average molecular weight is 271 g/mol. The molecule has 1 heterocycles. The van der Waals surface area contributed by atoms with Gasteiger partial charge in [-0.3, -0.25) is 4.79 Å². The number of halogens is 3. The Labute approximate surface area is 104 Å². The van der Waals surface area contributed by atoms with Crippen LogP contribution in [0.3, 0.4) is 0 Å². The molecule has 8 heteroatoms. The lowest BCUT2D eigenvalue weighted by molar-refractivity contribution is -0.138. The first-order valence-electron chi connectivity index (χ1n) is 5.12. The highest BCUT2D eigenvalue weighted by molar-refractivity contribution is 5.89. The normalized spacial score (nSPS) is 11.7. The van der Waals surface area contributed by atoms with Gasteiger partial charge in [0.2, 0.25) is 0 Å². The third-order valence-corrected chi connectivity index (χ3v) is 2.41. The Kier molecular flexibility index (Phi) is 3.01. The zero-order valence-electron chi connectivity index (χ0n) is 9.40. The minimum absolute atomic E-state index is 0.0442. The highest BCUT2D eigenvalue weighted by Crippen LogP contribution is 2.32. The molecule has 0 unspecified atom stereocenters. The number of fused-ring (bicyclic) bond motifs is 1. The van der Waals surface area contributed by atoms with E-state index in [2.05, 4.69) is 9.97 Å². The van der Waals surface area contributed by atoms with Crippen molar-refractivity contribution in [3.05, 3.63) is 29.6 Å². The Hall–Kier alpha value is -2.38. The van der Waals surface area contributed by atoms with Gasteiger partial charge in [0.05, 0.1) is 11.1 Å². The number of nitrogens with two attached hydrogens (primary N) is 1. The van der Waals surface area contributed by atoms with Crippen molar-refractivity contribution in [2.24, 2.45) is 0 Å². The number of rotatable bonds is 2. The molecule has 2 rings (SSSR count). The van der Waals surface area contributed by atoms with Gasteiger partial charge in [0.15, 0.2) is 0 Å². The van der Waals surface area contributed by atoms with Crippen LogP contribution in [0.15, 0.2) is 18.2 Å². The summed E-state index contributed by atoms with van der Waals surface area (Å²) >= 11 is 0. The van der Waals surface area contributed by atoms with Crippen LogP contribution in [-0.2, 0) is 17.4 Å². The summed E-state index contributed by atoms with van der Waals surface area (Å²) in [6.07, 6.45) is -4.93. The average Bonchev–Trinajstić information content (AvgIpc) is 2.26. The largest absolute Gasteiger partial charge is 0.481 e. The van der Waals surface area contributed by atoms with Crippen molar-refractivity contribution in [1.29, 1.82) is 0 Å². The molecule has 100 valence electrons. The van der Waals surface area contributed by atoms with Gasteiger partial charge >= 0.3 is 12.1 Å². The number of aliphatic carboxylic acids is 1. The van der Waals surface area contributed by atoms with Gasteiger partial charge in [0, 0.05) is 5.39 Å². The van der Waals surface area contributed by atoms with E-state index in [0.29, 0.717) is 0 Å². The minimum Gasteiger partial charge on any atom is -0.481 e. The van der Waals surface area contributed by atoms with Gasteiger partial charge in [-0.25, -0.2) is 9.97 Å². The fourth-order valence-corrected chi connectivity index (χ4v) is 1.59. The van der Waals surface area contributed by atoms with E-state index in [1.165, 1.54) is 0 Å². The molecule has 3 N–H and O–H groups in total. The van der Waals surface area contributed by atoms with Crippen LogP contribution in [-0.4, -0.2) is 21.0 Å². The second-order valence-corrected chi connectivity index (χ2v) is 3.83. The van der Waals surface area contributed by atoms with Crippen LogP contribution >= 0.6 is 0 Å². The zero-order chi connectivity index (χ0) is 14.2. The lowest BCUT2D eigenvalue weighted by Gasteiger charge is -2.09. The molecule has 1 aromatic heterocycles. The molecule has 0 saturated carbocycles. The zero-order valence-corrected chi connectivity index (χ0v) is 9.40. The van der Waals surface area contributed by atoms with Crippen molar-refractivity contribution >= 4 is 22.7 Å². The van der Waals surface area contributed by atoms with Gasteiger partial charge in [-0.2, -0.15) is 13.2 Å². The van der Waals surface area contributed by atoms with Crippen molar-refractivity contribution in [1.82, 2.24) is 9.97 Å². The molecular formula is C11H8F3N3O2. The van der Waals surface area contributed by atoms with Gasteiger partial charge in [-0.1, -0.05) is 0 Å². The number of carbonyl (C=O) groups is 1. The summed E-state index contributed by atoms with van der Waals surface area (Å²) in [6.45, 7) is 0. The first-order chi connectivity index (χ1) is 8.77. The molecule has 19 heavy (non-hydrogen) atoms. The van der Waals surface area contributed by atoms with Crippen molar-refractivity contribution in [2.75, 3.05) is 5.73 Å². The summed E-state index contributed by atoms with van der Waals surface area (Å²) in [5.74, 6) is -1.37. The monoisotopic (exact) mass is 271 g/mol. The maximum absolute atomic E-state index is 12.5. The van der Waals surface area contributed by atoms with Crippen molar-refractivity contribution in [2.45, 2.75) is 12.6 Å². The van der Waals surface area contributed by atoms with Crippen molar-refractivity contribution < 1.29 is 23.1 Å². The minimum atomic E-state index is -4.49. The van der Waals surface area contributed by atoms with Crippen LogP contribution in [0.5, 0.6) is 0 Å². The summed E-state index contributed by atoms with van der Waals surface area (Å²) < 4.78 is 37.6. The fraction of sp³-hybridized carbons (Fsp3) is 0.182. The highest BCUT2D eigenvalue weighted by Gasteiger charge is 2.30. The van der Waals surface area contributed by atoms with Gasteiger partial charge in [0.25, 0.3) is 0 Å². The predicted molar refractivity (Wildman–Crippen MR) is 60.3 cm³/mol. The van der Waals surface area contributed by atoms with Crippen LogP contribution in [0.1, 0.15) is 11.4 Å². The van der Waals surface area contributed by atoms with Gasteiger partial charge < -0.3 is 10.8 Å². The summed E-state index contributed by atoms with van der Waals surface area (Å²) in [5, 5.41) is 8.66. The number of carboxylic acid groups (broad SMARTS) is 1. The fourth-order valence-electron chi connectivity index (χ4n) is 1.59. The SMILES string of the molecule is Nc1nc(CC(=O)O)nc2ccc(C(F)(F)F)cc12. The van der Waals surface area contributed by atoms with Crippen LogP contribution < -0.4 is 5.73 Å². The number of nitrogen functional groups attached to an aromatic ring is 1. The third-order valence-electron chi connectivity index (χ3n) is 2.41. The molecule has 0 fully saturated rings. The number of carboxylic acids is 1. The van der Waals surface area contributed by atoms with Crippen LogP contribution in [0.25, 0.3) is 10.9 Å². The van der Waals surface area contributed by atoms with Crippen molar-refractivity contribution in [3.63, 3.8) is 0 Å². The number of nitrogens with zero attached hydrogens (tertiary/aromatic N) is 2. The Morgan fingerprint density at radius 3 is 2.58 bits per heavy atom. The first kappa shape index (κ1) is 13.1.